The predicted octanol–water partition coefficient (Wildman–Crippen LogP) is 4.12. The van der Waals surface area contributed by atoms with Gasteiger partial charge in [0, 0.05) is 6.04 Å². The van der Waals surface area contributed by atoms with Gasteiger partial charge in [-0.25, -0.2) is 0 Å². The van der Waals surface area contributed by atoms with E-state index in [-0.39, 0.29) is 0 Å². The topological polar surface area (TPSA) is 21.3 Å². The van der Waals surface area contributed by atoms with Crippen molar-refractivity contribution in [1.29, 1.82) is 0 Å². The smallest absolute Gasteiger partial charge is 0.119 e. The van der Waals surface area contributed by atoms with Crippen LogP contribution in [0, 0.1) is 11.8 Å². The van der Waals surface area contributed by atoms with Crippen LogP contribution < -0.4 is 10.1 Å². The summed E-state index contributed by atoms with van der Waals surface area (Å²) in [5, 5.41) is 3.54. The fourth-order valence-corrected chi connectivity index (χ4v) is 2.11. The van der Waals surface area contributed by atoms with Crippen molar-refractivity contribution in [3.63, 3.8) is 0 Å². The molecule has 1 aromatic carbocycles. The van der Waals surface area contributed by atoms with E-state index in [2.05, 4.69) is 33.0 Å². The van der Waals surface area contributed by atoms with Crippen molar-refractivity contribution in [2.75, 3.05) is 13.2 Å². The van der Waals surface area contributed by atoms with Crippen LogP contribution in [-0.2, 0) is 0 Å². The van der Waals surface area contributed by atoms with Gasteiger partial charge in [0.1, 0.15) is 5.75 Å². The summed E-state index contributed by atoms with van der Waals surface area (Å²) in [6, 6.07) is 10.6. The molecular weight excluding hydrogens is 234 g/mol. The minimum absolute atomic E-state index is 0.571. The third-order valence-electron chi connectivity index (χ3n) is 3.46. The van der Waals surface area contributed by atoms with Crippen LogP contribution in [0.1, 0.15) is 40.5 Å². The fourth-order valence-electron chi connectivity index (χ4n) is 2.11. The lowest BCUT2D eigenvalue weighted by Gasteiger charge is -2.22. The van der Waals surface area contributed by atoms with Gasteiger partial charge in [0.25, 0.3) is 0 Å². The summed E-state index contributed by atoms with van der Waals surface area (Å²) >= 11 is 0. The van der Waals surface area contributed by atoms with Crippen molar-refractivity contribution in [1.82, 2.24) is 5.32 Å². The highest BCUT2D eigenvalue weighted by atomic mass is 16.5. The molecule has 0 aliphatic carbocycles. The Kier molecular flexibility index (Phi) is 7.57. The van der Waals surface area contributed by atoms with Crippen molar-refractivity contribution in [2.45, 2.75) is 46.6 Å². The van der Waals surface area contributed by atoms with E-state index in [4.69, 9.17) is 4.74 Å². The molecule has 1 N–H and O–H groups in total. The van der Waals surface area contributed by atoms with Crippen molar-refractivity contribution in [2.24, 2.45) is 11.8 Å². The van der Waals surface area contributed by atoms with Gasteiger partial charge < -0.3 is 10.1 Å². The molecule has 0 aliphatic heterocycles. The van der Waals surface area contributed by atoms with Gasteiger partial charge in [-0.1, -0.05) is 45.9 Å². The Bertz CT molecular complexity index is 321. The first-order valence-electron chi connectivity index (χ1n) is 7.50. The Hall–Kier alpha value is -1.02. The Morgan fingerprint density at radius 3 is 2.32 bits per heavy atom. The van der Waals surface area contributed by atoms with Gasteiger partial charge in [0.15, 0.2) is 0 Å². The second-order valence-corrected chi connectivity index (χ2v) is 5.87. The Morgan fingerprint density at radius 1 is 1.05 bits per heavy atom. The molecule has 0 aliphatic rings. The number of nitrogens with one attached hydrogen (secondary N) is 1. The van der Waals surface area contributed by atoms with Crippen LogP contribution >= 0.6 is 0 Å². The highest BCUT2D eigenvalue weighted by Crippen LogP contribution is 2.17. The van der Waals surface area contributed by atoms with Crippen molar-refractivity contribution < 1.29 is 4.74 Å². The van der Waals surface area contributed by atoms with Crippen LogP contribution in [0.4, 0.5) is 0 Å². The molecule has 2 heteroatoms. The molecule has 0 fully saturated rings. The fraction of sp³-hybridized carbons (Fsp3) is 0.647. The van der Waals surface area contributed by atoms with Crippen molar-refractivity contribution >= 4 is 0 Å². The van der Waals surface area contributed by atoms with Gasteiger partial charge in [-0.2, -0.15) is 0 Å². The standard InChI is InChI=1S/C17H29NO/c1-14(2)16(13-18-15(3)4)9-8-12-19-17-10-6-5-7-11-17/h5-7,10-11,14-16,18H,8-9,12-13H2,1-4H3. The summed E-state index contributed by atoms with van der Waals surface area (Å²) in [5.74, 6) is 2.44. The predicted molar refractivity (Wildman–Crippen MR) is 82.6 cm³/mol. The maximum atomic E-state index is 5.74. The first kappa shape index (κ1) is 16.0. The highest BCUT2D eigenvalue weighted by molar-refractivity contribution is 5.20. The van der Waals surface area contributed by atoms with E-state index in [1.54, 1.807) is 0 Å². The van der Waals surface area contributed by atoms with Gasteiger partial charge in [-0.05, 0) is 43.4 Å². The number of ether oxygens (including phenoxy) is 1. The summed E-state index contributed by atoms with van der Waals surface area (Å²) in [4.78, 5) is 0. The zero-order valence-electron chi connectivity index (χ0n) is 12.9. The second-order valence-electron chi connectivity index (χ2n) is 5.87. The normalized spacial score (nSPS) is 12.9. The first-order valence-corrected chi connectivity index (χ1v) is 7.50. The third-order valence-corrected chi connectivity index (χ3v) is 3.46. The minimum Gasteiger partial charge on any atom is -0.494 e. The van der Waals surface area contributed by atoms with Gasteiger partial charge in [0.2, 0.25) is 0 Å². The summed E-state index contributed by atoms with van der Waals surface area (Å²) in [5.41, 5.74) is 0. The van der Waals surface area contributed by atoms with E-state index in [1.807, 2.05) is 30.3 Å². The largest absolute Gasteiger partial charge is 0.494 e. The third kappa shape index (κ3) is 7.22. The summed E-state index contributed by atoms with van der Waals surface area (Å²) in [6.45, 7) is 11.0. The first-order chi connectivity index (χ1) is 9.09. The molecule has 1 rings (SSSR count). The average Bonchev–Trinajstić information content (AvgIpc) is 2.38. The number of hydrogen-bond donors (Lipinski definition) is 1. The van der Waals surface area contributed by atoms with Crippen LogP contribution in [0.15, 0.2) is 30.3 Å². The maximum Gasteiger partial charge on any atom is 0.119 e. The zero-order chi connectivity index (χ0) is 14.1. The van der Waals surface area contributed by atoms with Crippen LogP contribution in [0.3, 0.4) is 0 Å². The lowest BCUT2D eigenvalue weighted by atomic mass is 9.91. The van der Waals surface area contributed by atoms with Crippen molar-refractivity contribution in [3.8, 4) is 5.75 Å². The van der Waals surface area contributed by atoms with Gasteiger partial charge in [-0.15, -0.1) is 0 Å². The molecule has 0 heterocycles. The molecule has 0 saturated heterocycles. The molecule has 0 spiro atoms. The van der Waals surface area contributed by atoms with E-state index >= 15 is 0 Å². The summed E-state index contributed by atoms with van der Waals surface area (Å²) in [6.07, 6.45) is 2.35. The lowest BCUT2D eigenvalue weighted by Crippen LogP contribution is -2.31. The summed E-state index contributed by atoms with van der Waals surface area (Å²) < 4.78 is 5.74. The molecule has 1 aromatic rings. The van der Waals surface area contributed by atoms with E-state index in [1.165, 1.54) is 6.42 Å². The SMILES string of the molecule is CC(C)NCC(CCCOc1ccccc1)C(C)C. The highest BCUT2D eigenvalue weighted by Gasteiger charge is 2.13. The molecule has 1 unspecified atom stereocenters. The summed E-state index contributed by atoms with van der Waals surface area (Å²) in [7, 11) is 0. The molecule has 0 amide bonds. The van der Waals surface area contributed by atoms with Crippen LogP contribution in [0.2, 0.25) is 0 Å². The average molecular weight is 263 g/mol. The molecule has 0 aromatic heterocycles. The van der Waals surface area contributed by atoms with Gasteiger partial charge >= 0.3 is 0 Å². The maximum absolute atomic E-state index is 5.74. The minimum atomic E-state index is 0.571. The van der Waals surface area contributed by atoms with E-state index in [0.717, 1.165) is 37.2 Å². The molecule has 0 radical (unpaired) electrons. The molecule has 1 atom stereocenters. The number of hydrogen-bond acceptors (Lipinski definition) is 2. The number of rotatable bonds is 9. The van der Waals surface area contributed by atoms with Crippen LogP contribution in [0.5, 0.6) is 5.75 Å². The Balaban J connectivity index is 2.21. The molecule has 0 bridgehead atoms. The Labute approximate surface area is 118 Å². The molecule has 2 nitrogen and oxygen atoms in total. The van der Waals surface area contributed by atoms with Gasteiger partial charge in [0.05, 0.1) is 6.61 Å². The molecule has 0 saturated carbocycles. The molecule has 19 heavy (non-hydrogen) atoms. The molecule has 108 valence electrons. The molecular formula is C17H29NO. The Morgan fingerprint density at radius 2 is 1.74 bits per heavy atom. The van der Waals surface area contributed by atoms with Gasteiger partial charge in [-0.3, -0.25) is 0 Å². The van der Waals surface area contributed by atoms with E-state index in [0.29, 0.717) is 6.04 Å². The monoisotopic (exact) mass is 263 g/mol. The van der Waals surface area contributed by atoms with E-state index in [9.17, 15) is 0 Å². The van der Waals surface area contributed by atoms with E-state index < -0.39 is 0 Å². The quantitative estimate of drug-likeness (QED) is 0.677. The van der Waals surface area contributed by atoms with Crippen LogP contribution in [0.25, 0.3) is 0 Å². The lowest BCUT2D eigenvalue weighted by molar-refractivity contribution is 0.265. The van der Waals surface area contributed by atoms with Crippen LogP contribution in [-0.4, -0.2) is 19.2 Å². The number of benzene rings is 1. The van der Waals surface area contributed by atoms with Crippen molar-refractivity contribution in [3.05, 3.63) is 30.3 Å². The number of para-hydroxylation sites is 1. The zero-order valence-corrected chi connectivity index (χ0v) is 12.9. The second kappa shape index (κ2) is 8.98.